The van der Waals surface area contributed by atoms with E-state index < -0.39 is 0 Å². The highest BCUT2D eigenvalue weighted by molar-refractivity contribution is 8.06. The number of hydrogen-bond donors (Lipinski definition) is 6. The maximum Gasteiger partial charge on any atom is 0.192 e. The van der Waals surface area contributed by atoms with Gasteiger partial charge in [0, 0.05) is 84.8 Å². The molecule has 0 saturated heterocycles. The van der Waals surface area contributed by atoms with Gasteiger partial charge in [-0.25, -0.2) is 0 Å². The molecule has 1 aromatic rings. The molecule has 1 heterocycles. The van der Waals surface area contributed by atoms with Gasteiger partial charge in [-0.05, 0) is 0 Å². The van der Waals surface area contributed by atoms with Crippen LogP contribution >= 0.6 is 106 Å². The van der Waals surface area contributed by atoms with Crippen LogP contribution in [0.25, 0.3) is 0 Å². The average molecular weight is 760 g/mol. The van der Waals surface area contributed by atoms with Gasteiger partial charge in [0.25, 0.3) is 0 Å². The van der Waals surface area contributed by atoms with Gasteiger partial charge in [0.2, 0.25) is 0 Å². The molecule has 0 spiro atoms. The van der Waals surface area contributed by atoms with Crippen molar-refractivity contribution >= 4 is 106 Å². The van der Waals surface area contributed by atoms with Crippen LogP contribution < -0.4 is 0 Å². The van der Waals surface area contributed by atoms with Crippen molar-refractivity contribution in [1.29, 1.82) is 0 Å². The number of thioether (sulfide) groups is 9. The van der Waals surface area contributed by atoms with Gasteiger partial charge in [-0.15, -0.1) is 0 Å². The molecule has 42 heavy (non-hydrogen) atoms. The fourth-order valence-electron chi connectivity index (χ4n) is 2.95. The minimum Gasteiger partial charge on any atom is -0.396 e. The molecule has 9 nitrogen and oxygen atoms in total. The first-order valence-corrected chi connectivity index (χ1v) is 23.0. The van der Waals surface area contributed by atoms with Gasteiger partial charge in [-0.1, -0.05) is 35.3 Å². The van der Waals surface area contributed by atoms with Crippen LogP contribution in [0.5, 0.6) is 0 Å². The molecule has 0 aliphatic heterocycles. The van der Waals surface area contributed by atoms with Gasteiger partial charge in [0.15, 0.2) is 15.5 Å². The Bertz CT molecular complexity index is 662. The van der Waals surface area contributed by atoms with E-state index in [4.69, 9.17) is 30.3 Å². The van der Waals surface area contributed by atoms with Crippen molar-refractivity contribution < 1.29 is 30.6 Å². The third-order valence-corrected chi connectivity index (χ3v) is 16.0. The Kier molecular flexibility index (Phi) is 30.2. The second-order valence-corrected chi connectivity index (χ2v) is 18.8. The van der Waals surface area contributed by atoms with Crippen LogP contribution in [0.2, 0.25) is 0 Å². The lowest BCUT2D eigenvalue weighted by atomic mass is 10.5. The summed E-state index contributed by atoms with van der Waals surface area (Å²) in [6, 6.07) is 0. The van der Waals surface area contributed by atoms with E-state index in [9.17, 15) is 15.3 Å². The summed E-state index contributed by atoms with van der Waals surface area (Å²) in [7, 11) is 0. The minimum atomic E-state index is 0.127. The van der Waals surface area contributed by atoms with Crippen molar-refractivity contribution in [2.75, 3.05) is 109 Å². The van der Waals surface area contributed by atoms with Crippen LogP contribution in [-0.2, 0) is 0 Å². The molecule has 3 unspecified atom stereocenters. The first kappa shape index (κ1) is 41.9. The molecule has 0 saturated carbocycles. The highest BCUT2D eigenvalue weighted by Gasteiger charge is 2.18. The van der Waals surface area contributed by atoms with Crippen LogP contribution in [0.4, 0.5) is 0 Å². The summed E-state index contributed by atoms with van der Waals surface area (Å²) in [5.74, 6) is 8.99. The van der Waals surface area contributed by atoms with Crippen molar-refractivity contribution in [3.05, 3.63) is 0 Å². The second-order valence-electron chi connectivity index (χ2n) is 8.16. The minimum absolute atomic E-state index is 0.127. The summed E-state index contributed by atoms with van der Waals surface area (Å²) in [5, 5.41) is 58.3. The molecule has 1 aromatic heterocycles. The summed E-state index contributed by atoms with van der Waals surface area (Å²) in [4.78, 5) is 14.3. The monoisotopic (exact) mass is 759 g/mol. The zero-order valence-electron chi connectivity index (χ0n) is 23.7. The van der Waals surface area contributed by atoms with Crippen LogP contribution in [-0.4, -0.2) is 170 Å². The Balaban J connectivity index is 3.02. The molecule has 0 aliphatic rings. The third-order valence-electron chi connectivity index (χ3n) is 4.72. The molecule has 0 radical (unpaired) electrons. The highest BCUT2D eigenvalue weighted by Crippen LogP contribution is 2.30. The lowest BCUT2D eigenvalue weighted by Gasteiger charge is -2.17. The van der Waals surface area contributed by atoms with Gasteiger partial charge in [-0.3, -0.25) is 0 Å². The molecule has 6 N–H and O–H groups in total. The maximum absolute atomic E-state index is 9.32. The third kappa shape index (κ3) is 22.4. The summed E-state index contributed by atoms with van der Waals surface area (Å²) in [6.07, 6.45) is 0. The van der Waals surface area contributed by atoms with Gasteiger partial charge in [0.1, 0.15) is 0 Å². The van der Waals surface area contributed by atoms with Crippen molar-refractivity contribution in [2.45, 2.75) is 31.2 Å². The lowest BCUT2D eigenvalue weighted by molar-refractivity contribution is 0.322. The van der Waals surface area contributed by atoms with E-state index >= 15 is 0 Å². The number of hydrogen-bond acceptors (Lipinski definition) is 18. The van der Waals surface area contributed by atoms with Gasteiger partial charge < -0.3 is 30.6 Å². The van der Waals surface area contributed by atoms with E-state index in [0.29, 0.717) is 50.0 Å². The van der Waals surface area contributed by atoms with E-state index in [-0.39, 0.29) is 55.4 Å². The number of aromatic nitrogens is 3. The molecule has 0 fully saturated rings. The van der Waals surface area contributed by atoms with Crippen molar-refractivity contribution in [2.24, 2.45) is 0 Å². The van der Waals surface area contributed by atoms with Gasteiger partial charge >= 0.3 is 0 Å². The van der Waals surface area contributed by atoms with Crippen molar-refractivity contribution in [3.63, 3.8) is 0 Å². The van der Waals surface area contributed by atoms with Crippen molar-refractivity contribution in [3.8, 4) is 0 Å². The Morgan fingerprint density at radius 1 is 0.381 bits per heavy atom. The molecular weight excluding hydrogens is 715 g/mol. The van der Waals surface area contributed by atoms with Crippen LogP contribution in [0.3, 0.4) is 0 Å². The summed E-state index contributed by atoms with van der Waals surface area (Å²) < 4.78 is 0. The van der Waals surface area contributed by atoms with E-state index in [1.165, 1.54) is 0 Å². The summed E-state index contributed by atoms with van der Waals surface area (Å²) in [5.41, 5.74) is 0. The van der Waals surface area contributed by atoms with E-state index in [2.05, 4.69) is 0 Å². The predicted octanol–water partition coefficient (Wildman–Crippen LogP) is 2.61. The number of aliphatic hydroxyl groups excluding tert-OH is 6. The van der Waals surface area contributed by atoms with Crippen LogP contribution in [0.15, 0.2) is 15.5 Å². The largest absolute Gasteiger partial charge is 0.396 e. The average Bonchev–Trinajstić information content (AvgIpc) is 3.00. The molecule has 0 bridgehead atoms. The Hall–Kier alpha value is 1.92. The molecule has 246 valence electrons. The van der Waals surface area contributed by atoms with E-state index in [1.54, 1.807) is 106 Å². The van der Waals surface area contributed by atoms with E-state index in [0.717, 1.165) is 34.5 Å². The molecule has 3 atom stereocenters. The molecular formula is C24H45N3O6S9. The lowest BCUT2D eigenvalue weighted by Crippen LogP contribution is -2.15. The first-order chi connectivity index (χ1) is 20.6. The van der Waals surface area contributed by atoms with Gasteiger partial charge in [0.05, 0.1) is 39.6 Å². The molecule has 0 aromatic carbocycles. The number of nitrogens with zero attached hydrogens (tertiary/aromatic N) is 3. The summed E-state index contributed by atoms with van der Waals surface area (Å²) >= 11 is 15.0. The second kappa shape index (κ2) is 30.3. The predicted molar refractivity (Wildman–Crippen MR) is 195 cm³/mol. The summed E-state index contributed by atoms with van der Waals surface area (Å²) in [6.45, 7) is 0.827. The zero-order chi connectivity index (χ0) is 30.7. The number of aliphatic hydroxyl groups is 6. The zero-order valence-corrected chi connectivity index (χ0v) is 31.0. The Labute approximate surface area is 289 Å². The van der Waals surface area contributed by atoms with Crippen molar-refractivity contribution in [1.82, 2.24) is 15.0 Å². The smallest absolute Gasteiger partial charge is 0.192 e. The Morgan fingerprint density at radius 2 is 0.643 bits per heavy atom. The Morgan fingerprint density at radius 3 is 0.881 bits per heavy atom. The van der Waals surface area contributed by atoms with Crippen LogP contribution in [0, 0.1) is 0 Å². The van der Waals surface area contributed by atoms with Gasteiger partial charge in [-0.2, -0.15) is 85.5 Å². The SMILES string of the molecule is OCCSCC(CSc1nc(SCC(CSCCO)SCCO)nc(SCC(CSCCO)SCCO)n1)SCCO. The molecule has 18 heteroatoms. The standard InChI is InChI=1S/C24H45N3O6S9/c28-1-7-34-13-19(37-10-4-31)16-40-22-25-23(41-17-20(38-11-5-32)14-35-8-2-29)27-24(26-22)42-18-21(39-12-6-33)15-36-9-3-30/h19-21,28-33H,1-18H2. The fraction of sp³-hybridized carbons (Fsp3) is 0.875. The first-order valence-electron chi connectivity index (χ1n) is 13.5. The molecule has 0 amide bonds. The molecule has 0 aliphatic carbocycles. The van der Waals surface area contributed by atoms with E-state index in [1.807, 2.05) is 0 Å². The highest BCUT2D eigenvalue weighted by atomic mass is 32.2. The normalized spacial score (nSPS) is 13.9. The fourth-order valence-corrected chi connectivity index (χ4v) is 13.0. The molecule has 1 rings (SSSR count). The quantitative estimate of drug-likeness (QED) is 0.0502. The maximum atomic E-state index is 9.32. The topological polar surface area (TPSA) is 160 Å². The number of rotatable bonds is 30. The van der Waals surface area contributed by atoms with Crippen LogP contribution in [0.1, 0.15) is 0 Å².